The number of aryl methyl sites for hydroxylation is 1. The zero-order chi connectivity index (χ0) is 19.9. The van der Waals surface area contributed by atoms with Gasteiger partial charge < -0.3 is 9.73 Å². The van der Waals surface area contributed by atoms with Gasteiger partial charge in [0.05, 0.1) is 10.7 Å². The van der Waals surface area contributed by atoms with Crippen molar-refractivity contribution in [2.45, 2.75) is 18.6 Å². The van der Waals surface area contributed by atoms with E-state index in [4.69, 9.17) is 4.42 Å². The molecule has 0 bridgehead atoms. The molecular weight excluding hydrogens is 380 g/mol. The van der Waals surface area contributed by atoms with Crippen LogP contribution in [0.2, 0.25) is 0 Å². The Bertz CT molecular complexity index is 989. The maximum atomic E-state index is 12.0. The number of amides is 1. The molecule has 0 atom stereocenters. The first-order valence-corrected chi connectivity index (χ1v) is 9.54. The Labute approximate surface area is 165 Å². The molecule has 28 heavy (non-hydrogen) atoms. The molecule has 1 N–H and O–H groups in total. The molecule has 1 aromatic heterocycles. The lowest BCUT2D eigenvalue weighted by molar-refractivity contribution is -0.384. The number of nitrogens with zero attached hydrogens (tertiary/aromatic N) is 3. The highest BCUT2D eigenvalue weighted by atomic mass is 32.2. The Balaban J connectivity index is 1.49. The minimum atomic E-state index is -0.489. The number of thioether (sulfide) groups is 1. The fourth-order valence-electron chi connectivity index (χ4n) is 2.54. The van der Waals surface area contributed by atoms with Crippen molar-refractivity contribution in [3.63, 3.8) is 0 Å². The van der Waals surface area contributed by atoms with Gasteiger partial charge in [-0.2, -0.15) is 0 Å². The average Bonchev–Trinajstić information content (AvgIpc) is 3.17. The van der Waals surface area contributed by atoms with Gasteiger partial charge in [0.25, 0.3) is 10.9 Å². The van der Waals surface area contributed by atoms with Crippen LogP contribution in [0.4, 0.5) is 5.69 Å². The molecule has 0 aliphatic heterocycles. The van der Waals surface area contributed by atoms with Crippen LogP contribution in [0, 0.1) is 17.0 Å². The van der Waals surface area contributed by atoms with E-state index in [9.17, 15) is 14.9 Å². The topological polar surface area (TPSA) is 111 Å². The van der Waals surface area contributed by atoms with Gasteiger partial charge in [-0.3, -0.25) is 14.9 Å². The number of aromatic nitrogens is 2. The number of carbonyl (C=O) groups is 1. The number of nitro groups is 1. The molecule has 1 heterocycles. The molecule has 0 saturated carbocycles. The van der Waals surface area contributed by atoms with E-state index in [0.717, 1.165) is 18.2 Å². The molecule has 0 saturated heterocycles. The van der Waals surface area contributed by atoms with Crippen molar-refractivity contribution in [3.05, 3.63) is 69.8 Å². The van der Waals surface area contributed by atoms with E-state index in [1.54, 1.807) is 12.1 Å². The minimum absolute atomic E-state index is 0.0575. The van der Waals surface area contributed by atoms with E-state index in [1.807, 2.05) is 31.2 Å². The number of nitrogens with one attached hydrogen (secondary N) is 1. The molecule has 0 aliphatic carbocycles. The molecule has 3 aromatic rings. The van der Waals surface area contributed by atoms with Crippen LogP contribution in [0.1, 0.15) is 11.1 Å². The quantitative estimate of drug-likeness (QED) is 0.352. The molecule has 3 rings (SSSR count). The molecule has 8 nitrogen and oxygen atoms in total. The highest BCUT2D eigenvalue weighted by Gasteiger charge is 2.14. The maximum absolute atomic E-state index is 12.0. The zero-order valence-corrected chi connectivity index (χ0v) is 15.9. The Morgan fingerprint density at radius 3 is 2.82 bits per heavy atom. The van der Waals surface area contributed by atoms with Crippen molar-refractivity contribution >= 4 is 23.4 Å². The van der Waals surface area contributed by atoms with E-state index >= 15 is 0 Å². The number of carbonyl (C=O) groups excluding carboxylic acids is 1. The number of hydrogen-bond donors (Lipinski definition) is 1. The molecule has 0 aliphatic rings. The van der Waals surface area contributed by atoms with E-state index in [-0.39, 0.29) is 28.5 Å². The molecule has 9 heteroatoms. The Morgan fingerprint density at radius 1 is 1.21 bits per heavy atom. The van der Waals surface area contributed by atoms with Crippen LogP contribution in [-0.2, 0) is 11.2 Å². The fraction of sp³-hybridized carbons (Fsp3) is 0.211. The van der Waals surface area contributed by atoms with Gasteiger partial charge in [-0.15, -0.1) is 10.2 Å². The van der Waals surface area contributed by atoms with Crippen molar-refractivity contribution in [1.82, 2.24) is 15.5 Å². The Morgan fingerprint density at radius 2 is 2.04 bits per heavy atom. The van der Waals surface area contributed by atoms with Gasteiger partial charge in [0.1, 0.15) is 0 Å². The first kappa shape index (κ1) is 19.6. The molecule has 0 unspecified atom stereocenters. The monoisotopic (exact) mass is 398 g/mol. The summed E-state index contributed by atoms with van der Waals surface area (Å²) in [4.78, 5) is 22.4. The van der Waals surface area contributed by atoms with Crippen LogP contribution in [0.5, 0.6) is 0 Å². The summed E-state index contributed by atoms with van der Waals surface area (Å²) in [5.74, 6) is 0.185. The lowest BCUT2D eigenvalue weighted by Gasteiger charge is -2.06. The maximum Gasteiger partial charge on any atom is 0.277 e. The highest BCUT2D eigenvalue weighted by Crippen LogP contribution is 2.25. The Kier molecular flexibility index (Phi) is 6.38. The number of non-ortho nitro benzene ring substituents is 1. The van der Waals surface area contributed by atoms with Gasteiger partial charge in [-0.05, 0) is 30.5 Å². The van der Waals surface area contributed by atoms with Gasteiger partial charge in [0, 0.05) is 24.2 Å². The summed E-state index contributed by atoms with van der Waals surface area (Å²) < 4.78 is 5.48. The van der Waals surface area contributed by atoms with Gasteiger partial charge >= 0.3 is 0 Å². The van der Waals surface area contributed by atoms with Crippen LogP contribution < -0.4 is 5.32 Å². The molecule has 0 radical (unpaired) electrons. The summed E-state index contributed by atoms with van der Waals surface area (Å²) >= 11 is 1.12. The second kappa shape index (κ2) is 9.14. The third kappa shape index (κ3) is 5.17. The van der Waals surface area contributed by atoms with Gasteiger partial charge in [0.2, 0.25) is 11.8 Å². The van der Waals surface area contributed by atoms with Crippen molar-refractivity contribution < 1.29 is 14.1 Å². The SMILES string of the molecule is Cc1ccccc1CCNC(=O)CSc1nnc(-c2cccc([N+](=O)[O-])c2)o1. The molecule has 2 aromatic carbocycles. The normalized spacial score (nSPS) is 10.6. The van der Waals surface area contributed by atoms with Crippen molar-refractivity contribution in [2.75, 3.05) is 12.3 Å². The first-order chi connectivity index (χ1) is 13.5. The number of benzene rings is 2. The third-order valence-corrected chi connectivity index (χ3v) is 4.83. The van der Waals surface area contributed by atoms with E-state index in [2.05, 4.69) is 15.5 Å². The first-order valence-electron chi connectivity index (χ1n) is 8.55. The number of nitro benzene ring substituents is 1. The molecule has 144 valence electrons. The Hall–Kier alpha value is -3.20. The average molecular weight is 398 g/mol. The summed E-state index contributed by atoms with van der Waals surface area (Å²) in [6.07, 6.45) is 0.764. The van der Waals surface area contributed by atoms with E-state index in [1.165, 1.54) is 23.3 Å². The third-order valence-electron chi connectivity index (χ3n) is 4.01. The second-order valence-electron chi connectivity index (χ2n) is 6.00. The second-order valence-corrected chi connectivity index (χ2v) is 6.92. The largest absolute Gasteiger partial charge is 0.411 e. The molecule has 0 spiro atoms. The van der Waals surface area contributed by atoms with Crippen LogP contribution in [-0.4, -0.2) is 33.3 Å². The van der Waals surface area contributed by atoms with Gasteiger partial charge in [-0.1, -0.05) is 42.1 Å². The molecule has 0 fully saturated rings. The van der Waals surface area contributed by atoms with E-state index < -0.39 is 4.92 Å². The van der Waals surface area contributed by atoms with Gasteiger partial charge in [0.15, 0.2) is 0 Å². The number of hydrogen-bond acceptors (Lipinski definition) is 7. The van der Waals surface area contributed by atoms with Crippen molar-refractivity contribution in [2.24, 2.45) is 0 Å². The van der Waals surface area contributed by atoms with Crippen molar-refractivity contribution in [1.29, 1.82) is 0 Å². The predicted molar refractivity (Wildman–Crippen MR) is 105 cm³/mol. The smallest absolute Gasteiger partial charge is 0.277 e. The van der Waals surface area contributed by atoms with E-state index in [0.29, 0.717) is 12.1 Å². The minimum Gasteiger partial charge on any atom is -0.411 e. The van der Waals surface area contributed by atoms with Gasteiger partial charge in [-0.25, -0.2) is 0 Å². The predicted octanol–water partition coefficient (Wildman–Crippen LogP) is 3.40. The van der Waals surface area contributed by atoms with Crippen LogP contribution in [0.25, 0.3) is 11.5 Å². The lowest BCUT2D eigenvalue weighted by Crippen LogP contribution is -2.27. The van der Waals surface area contributed by atoms with Crippen LogP contribution in [0.3, 0.4) is 0 Å². The summed E-state index contributed by atoms with van der Waals surface area (Å²) in [5, 5.41) is 21.7. The number of rotatable bonds is 8. The summed E-state index contributed by atoms with van der Waals surface area (Å²) in [5.41, 5.74) is 2.80. The van der Waals surface area contributed by atoms with Crippen LogP contribution in [0.15, 0.2) is 58.2 Å². The van der Waals surface area contributed by atoms with Crippen LogP contribution >= 0.6 is 11.8 Å². The fourth-order valence-corrected chi connectivity index (χ4v) is 3.14. The van der Waals surface area contributed by atoms with Crippen molar-refractivity contribution in [3.8, 4) is 11.5 Å². The molecule has 1 amide bonds. The standard InChI is InChI=1S/C19H18N4O4S/c1-13-5-2-3-6-14(13)9-10-20-17(24)12-28-19-22-21-18(27-19)15-7-4-8-16(11-15)23(25)26/h2-8,11H,9-10,12H2,1H3,(H,20,24). The lowest BCUT2D eigenvalue weighted by atomic mass is 10.1. The highest BCUT2D eigenvalue weighted by molar-refractivity contribution is 7.99. The molecular formula is C19H18N4O4S. The zero-order valence-electron chi connectivity index (χ0n) is 15.1. The summed E-state index contributed by atoms with van der Waals surface area (Å²) in [6, 6.07) is 14.0. The summed E-state index contributed by atoms with van der Waals surface area (Å²) in [6.45, 7) is 2.59. The summed E-state index contributed by atoms with van der Waals surface area (Å²) in [7, 11) is 0.